The number of aliphatic hydroxyl groups is 1. The zero-order valence-electron chi connectivity index (χ0n) is 32.1. The van der Waals surface area contributed by atoms with E-state index >= 15 is 9.59 Å². The van der Waals surface area contributed by atoms with Gasteiger partial charge < -0.3 is 43.2 Å². The molecule has 2 aliphatic rings. The highest BCUT2D eigenvalue weighted by Crippen LogP contribution is 2.30. The molecule has 11 N–H and O–H groups in total. The van der Waals surface area contributed by atoms with Gasteiger partial charge in [-0.3, -0.25) is 24.1 Å². The first-order valence-electron chi connectivity index (χ1n) is 19.6. The minimum absolute atomic E-state index is 0.000178. The van der Waals surface area contributed by atoms with Gasteiger partial charge in [0.05, 0.1) is 24.9 Å². The summed E-state index contributed by atoms with van der Waals surface area (Å²) < 4.78 is 0. The first-order valence-corrected chi connectivity index (χ1v) is 19.6. The van der Waals surface area contributed by atoms with Crippen molar-refractivity contribution in [2.45, 2.75) is 126 Å². The summed E-state index contributed by atoms with van der Waals surface area (Å²) >= 11 is 0. The number of aliphatic hydroxyl groups excluding tert-OH is 1. The molecule has 1 aliphatic heterocycles. The molecule has 5 amide bonds. The van der Waals surface area contributed by atoms with E-state index in [1.807, 2.05) is 0 Å². The van der Waals surface area contributed by atoms with Crippen LogP contribution in [0.4, 0.5) is 4.79 Å². The molecule has 0 spiro atoms. The molecule has 1 saturated carbocycles. The van der Waals surface area contributed by atoms with Crippen molar-refractivity contribution in [2.75, 3.05) is 13.1 Å². The van der Waals surface area contributed by atoms with E-state index in [1.165, 1.54) is 23.5 Å². The summed E-state index contributed by atoms with van der Waals surface area (Å²) in [6, 6.07) is 0.952. The van der Waals surface area contributed by atoms with Crippen LogP contribution in [-0.2, 0) is 36.8 Å². The van der Waals surface area contributed by atoms with E-state index < -0.39 is 78.3 Å². The van der Waals surface area contributed by atoms with E-state index in [0.29, 0.717) is 17.7 Å². The van der Waals surface area contributed by atoms with E-state index in [0.717, 1.165) is 37.0 Å². The Bertz CT molecular complexity index is 1650. The van der Waals surface area contributed by atoms with Crippen LogP contribution in [0.5, 0.6) is 0 Å². The summed E-state index contributed by atoms with van der Waals surface area (Å²) in [5, 5.41) is 13.4. The molecule has 1 aromatic heterocycles. The molecule has 1 saturated heterocycles. The van der Waals surface area contributed by atoms with Crippen molar-refractivity contribution in [3.8, 4) is 0 Å². The highest BCUT2D eigenvalue weighted by molar-refractivity contribution is 6.05. The van der Waals surface area contributed by atoms with Crippen molar-refractivity contribution < 1.29 is 33.9 Å². The Hall–Kier alpha value is -4.80. The number of nitrogens with zero attached hydrogens (tertiary/aromatic N) is 4. The molecule has 56 heavy (non-hydrogen) atoms. The number of nitrogens with two attached hydrogens (primary N) is 4. The van der Waals surface area contributed by atoms with E-state index in [4.69, 9.17) is 22.9 Å². The number of hydrogen-bond acceptors (Lipinski definition) is 12. The van der Waals surface area contributed by atoms with Crippen molar-refractivity contribution in [1.29, 1.82) is 0 Å². The number of imide groups is 1. The molecule has 0 bridgehead atoms. The second-order valence-electron chi connectivity index (χ2n) is 15.1. The van der Waals surface area contributed by atoms with Gasteiger partial charge in [0.2, 0.25) is 17.9 Å². The van der Waals surface area contributed by atoms with E-state index in [1.54, 1.807) is 37.3 Å². The minimum atomic E-state index is -1.58. The van der Waals surface area contributed by atoms with Crippen molar-refractivity contribution in [3.05, 3.63) is 54.1 Å². The summed E-state index contributed by atoms with van der Waals surface area (Å²) in [7, 11) is 0. The second kappa shape index (κ2) is 21.5. The van der Waals surface area contributed by atoms with Crippen LogP contribution in [-0.4, -0.2) is 116 Å². The van der Waals surface area contributed by atoms with E-state index in [2.05, 4.69) is 20.3 Å². The lowest BCUT2D eigenvalue weighted by atomic mass is 9.79. The maximum atomic E-state index is 15.1. The Labute approximate surface area is 327 Å². The molecule has 2 fully saturated rings. The second-order valence-corrected chi connectivity index (χ2v) is 15.1. The maximum Gasteiger partial charge on any atom is 0.315 e. The monoisotopic (exact) mass is 778 g/mol. The van der Waals surface area contributed by atoms with Crippen LogP contribution in [0.2, 0.25) is 0 Å². The molecule has 0 radical (unpaired) electrons. The van der Waals surface area contributed by atoms with E-state index in [9.17, 15) is 24.3 Å². The molecule has 4 rings (SSSR count). The molecule has 2 heterocycles. The van der Waals surface area contributed by atoms with Crippen LogP contribution in [0, 0.1) is 11.8 Å². The molecule has 17 heteroatoms. The number of benzene rings is 1. The quantitative estimate of drug-likeness (QED) is 0.0765. The number of hydrogen-bond donors (Lipinski definition) is 7. The number of urea groups is 1. The molecule has 3 unspecified atom stereocenters. The minimum Gasteiger partial charge on any atom is -0.393 e. The zero-order chi connectivity index (χ0) is 40.8. The Kier molecular flexibility index (Phi) is 16.9. The fraction of sp³-hybridized carbons (Fsp3) is 0.615. The molecular weight excluding hydrogens is 720 g/mol. The first-order chi connectivity index (χ1) is 26.9. The Morgan fingerprint density at radius 1 is 1.09 bits per heavy atom. The van der Waals surface area contributed by atoms with Gasteiger partial charge >= 0.3 is 6.03 Å². The number of carbonyl (C=O) groups is 5. The lowest BCUT2D eigenvalue weighted by molar-refractivity contribution is -0.156. The van der Waals surface area contributed by atoms with Gasteiger partial charge in [0.25, 0.3) is 5.91 Å². The SMILES string of the molecule is CC[C@H](O)CC(=O)N(C(=O)[C@H](Cc1cnc[nH]1)NC(=O)[C@H](Cc1ccccc1)N=C=O)[C@@H](C[C@H](N)C(N)C1CCCCC1)C(=O)C1CC(CN)CCN1C(N)=O. The number of rotatable bonds is 19. The molecular formula is C39H58N10O7. The highest BCUT2D eigenvalue weighted by atomic mass is 16.3. The number of ketones is 1. The number of carbonyl (C=O) groups excluding carboxylic acids is 6. The van der Waals surface area contributed by atoms with E-state index in [-0.39, 0.29) is 57.0 Å². The summed E-state index contributed by atoms with van der Waals surface area (Å²) in [5.74, 6) is -3.47. The number of H-pyrrole nitrogens is 1. The van der Waals surface area contributed by atoms with Gasteiger partial charge in [-0.1, -0.05) is 56.5 Å². The zero-order valence-corrected chi connectivity index (χ0v) is 32.1. The maximum absolute atomic E-state index is 15.1. The van der Waals surface area contributed by atoms with Gasteiger partial charge in [0, 0.05) is 43.4 Å². The van der Waals surface area contributed by atoms with Crippen molar-refractivity contribution in [3.63, 3.8) is 0 Å². The largest absolute Gasteiger partial charge is 0.393 e. The number of Topliss-reactive ketones (excluding diaryl/α,β-unsaturated/α-hetero) is 1. The third-order valence-electron chi connectivity index (χ3n) is 11.2. The van der Waals surface area contributed by atoms with Gasteiger partial charge in [-0.15, -0.1) is 0 Å². The number of isocyanates is 1. The number of amides is 5. The number of likely N-dealkylation sites (tertiary alicyclic amines) is 1. The first kappa shape index (κ1) is 43.9. The standard InChI is InChI=1S/C39H58N10O7/c1-2-28(51)18-34(52)49(38(55)31(17-27-21-44-22-45-27)47-37(54)30(46-23-50)15-24-9-5-3-6-10-24)33(19-29(41)35(42)26-11-7-4-8-12-26)36(53)32-16-25(20-40)13-14-48(32)39(43)56/h3,5-6,9-10,21-22,25-26,28-33,35,51H,2,4,7-8,11-20,40-42H2,1H3,(H2,43,56)(H,44,45)(H,47,54)/t25?,28-,29-,30-,31-,32?,33-,35?/m0/s1. The summed E-state index contributed by atoms with van der Waals surface area (Å²) in [4.78, 5) is 95.3. The van der Waals surface area contributed by atoms with Crippen LogP contribution in [0.1, 0.15) is 82.4 Å². The molecule has 8 atom stereocenters. The average molecular weight is 779 g/mol. The topological polar surface area (TPSA) is 286 Å². The van der Waals surface area contributed by atoms with Gasteiger partial charge in [0.1, 0.15) is 18.1 Å². The number of piperidine rings is 1. The number of primary amides is 1. The fourth-order valence-corrected chi connectivity index (χ4v) is 7.89. The third-order valence-corrected chi connectivity index (χ3v) is 11.2. The predicted molar refractivity (Wildman–Crippen MR) is 207 cm³/mol. The van der Waals surface area contributed by atoms with Crippen molar-refractivity contribution >= 4 is 35.6 Å². The predicted octanol–water partition coefficient (Wildman–Crippen LogP) is 0.581. The smallest absolute Gasteiger partial charge is 0.315 e. The molecule has 17 nitrogen and oxygen atoms in total. The summed E-state index contributed by atoms with van der Waals surface area (Å²) in [6.07, 6.45) is 7.51. The number of imidazole rings is 1. The van der Waals surface area contributed by atoms with Gasteiger partial charge in [-0.05, 0) is 62.5 Å². The van der Waals surface area contributed by atoms with Crippen molar-refractivity contribution in [1.82, 2.24) is 25.1 Å². The molecule has 1 aromatic carbocycles. The molecule has 1 aliphatic carbocycles. The van der Waals surface area contributed by atoms with Gasteiger partial charge in [-0.25, -0.2) is 14.6 Å². The van der Waals surface area contributed by atoms with Crippen LogP contribution in [0.15, 0.2) is 47.8 Å². The van der Waals surface area contributed by atoms with Gasteiger partial charge in [0.15, 0.2) is 5.78 Å². The summed E-state index contributed by atoms with van der Waals surface area (Å²) in [6.45, 7) is 2.01. The Morgan fingerprint density at radius 3 is 2.41 bits per heavy atom. The van der Waals surface area contributed by atoms with Crippen LogP contribution >= 0.6 is 0 Å². The summed E-state index contributed by atoms with van der Waals surface area (Å²) in [5.41, 5.74) is 26.5. The lowest BCUT2D eigenvalue weighted by Crippen LogP contribution is -2.64. The number of aromatic nitrogens is 2. The average Bonchev–Trinajstić information content (AvgIpc) is 3.73. The van der Waals surface area contributed by atoms with Crippen LogP contribution < -0.4 is 28.3 Å². The highest BCUT2D eigenvalue weighted by Gasteiger charge is 2.46. The Balaban J connectivity index is 1.81. The normalized spacial score (nSPS) is 20.7. The Morgan fingerprint density at radius 2 is 1.80 bits per heavy atom. The fourth-order valence-electron chi connectivity index (χ4n) is 7.89. The third kappa shape index (κ3) is 11.9. The van der Waals surface area contributed by atoms with Gasteiger partial charge in [-0.2, -0.15) is 4.99 Å². The lowest BCUT2D eigenvalue weighted by Gasteiger charge is -2.42. The number of nitrogens with one attached hydrogen (secondary N) is 2. The number of aromatic amines is 1. The molecule has 306 valence electrons. The van der Waals surface area contributed by atoms with Crippen molar-refractivity contribution in [2.24, 2.45) is 39.8 Å². The van der Waals surface area contributed by atoms with Crippen LogP contribution in [0.3, 0.4) is 0 Å². The molecule has 2 aromatic rings. The van der Waals surface area contributed by atoms with Crippen LogP contribution in [0.25, 0.3) is 0 Å². The number of aliphatic imine (C=N–C) groups is 1.